The standard InChI is InChI=1S/C22H26Br2O4/c1-11(25)27-19-7-6-17-14-4-5-15-16(13(14)8-9-22(17,19)3)10-18(23)21(20(15)24)28-12(2)26/h10,13-14,17,19H,4-9H2,1-3H3. The third-order valence-electron chi connectivity index (χ3n) is 7.34. The fourth-order valence-corrected chi connectivity index (χ4v) is 7.73. The van der Waals surface area contributed by atoms with Crippen molar-refractivity contribution in [3.63, 3.8) is 0 Å². The van der Waals surface area contributed by atoms with Gasteiger partial charge in [0.05, 0.1) is 8.95 Å². The monoisotopic (exact) mass is 512 g/mol. The molecular weight excluding hydrogens is 488 g/mol. The summed E-state index contributed by atoms with van der Waals surface area (Å²) in [6.07, 6.45) is 6.47. The summed E-state index contributed by atoms with van der Waals surface area (Å²) >= 11 is 7.31. The maximum absolute atomic E-state index is 11.6. The Kier molecular flexibility index (Phi) is 5.41. The zero-order valence-electron chi connectivity index (χ0n) is 16.5. The first-order chi connectivity index (χ1) is 13.2. The van der Waals surface area contributed by atoms with Crippen molar-refractivity contribution in [2.75, 3.05) is 0 Å². The smallest absolute Gasteiger partial charge is 0.308 e. The summed E-state index contributed by atoms with van der Waals surface area (Å²) < 4.78 is 12.9. The molecule has 3 aliphatic carbocycles. The first-order valence-corrected chi connectivity index (χ1v) is 11.7. The number of halogens is 2. The molecular formula is C22H26Br2O4. The molecule has 3 aliphatic rings. The van der Waals surface area contributed by atoms with E-state index in [0.29, 0.717) is 23.5 Å². The lowest BCUT2D eigenvalue weighted by Gasteiger charge is -2.50. The Hall–Kier alpha value is -0.880. The van der Waals surface area contributed by atoms with Crippen LogP contribution in [0, 0.1) is 17.3 Å². The van der Waals surface area contributed by atoms with Gasteiger partial charge in [-0.25, -0.2) is 0 Å². The second-order valence-corrected chi connectivity index (χ2v) is 10.4. The number of rotatable bonds is 2. The third kappa shape index (κ3) is 3.24. The molecule has 0 aliphatic heterocycles. The van der Waals surface area contributed by atoms with Crippen LogP contribution in [0.15, 0.2) is 15.0 Å². The van der Waals surface area contributed by atoms with Crippen LogP contribution in [0.1, 0.15) is 69.9 Å². The molecule has 0 amide bonds. The molecule has 0 radical (unpaired) electrons. The highest BCUT2D eigenvalue weighted by atomic mass is 79.9. The van der Waals surface area contributed by atoms with Crippen molar-refractivity contribution in [2.45, 2.75) is 71.3 Å². The van der Waals surface area contributed by atoms with Crippen LogP contribution in [0.3, 0.4) is 0 Å². The number of ether oxygens (including phenoxy) is 2. The van der Waals surface area contributed by atoms with E-state index < -0.39 is 0 Å². The van der Waals surface area contributed by atoms with Crippen LogP contribution in [-0.2, 0) is 20.7 Å². The average molecular weight is 514 g/mol. The predicted molar refractivity (Wildman–Crippen MR) is 113 cm³/mol. The maximum Gasteiger partial charge on any atom is 0.308 e. The Morgan fingerprint density at radius 3 is 2.54 bits per heavy atom. The van der Waals surface area contributed by atoms with Gasteiger partial charge in [0.25, 0.3) is 0 Å². The Morgan fingerprint density at radius 1 is 1.11 bits per heavy atom. The van der Waals surface area contributed by atoms with E-state index in [1.807, 2.05) is 0 Å². The van der Waals surface area contributed by atoms with Crippen molar-refractivity contribution >= 4 is 43.8 Å². The van der Waals surface area contributed by atoms with Gasteiger partial charge >= 0.3 is 11.9 Å². The normalized spacial score (nSPS) is 33.5. The highest BCUT2D eigenvalue weighted by Crippen LogP contribution is 2.62. The minimum atomic E-state index is -0.314. The van der Waals surface area contributed by atoms with Crippen molar-refractivity contribution in [3.8, 4) is 5.75 Å². The van der Waals surface area contributed by atoms with Gasteiger partial charge in [-0.2, -0.15) is 0 Å². The molecule has 0 aromatic heterocycles. The highest BCUT2D eigenvalue weighted by molar-refractivity contribution is 9.11. The molecule has 0 N–H and O–H groups in total. The molecule has 4 nitrogen and oxygen atoms in total. The van der Waals surface area contributed by atoms with Gasteiger partial charge in [0.1, 0.15) is 6.10 Å². The molecule has 4 rings (SSSR count). The summed E-state index contributed by atoms with van der Waals surface area (Å²) in [6.45, 7) is 5.28. The SMILES string of the molecule is CC(=O)Oc1c(Br)cc2c(c1Br)CCC1C2CCC2(C)C(OC(C)=O)CCC12. The summed E-state index contributed by atoms with van der Waals surface area (Å²) in [5.41, 5.74) is 2.75. The molecule has 0 heterocycles. The van der Waals surface area contributed by atoms with Crippen LogP contribution in [0.5, 0.6) is 5.75 Å². The minimum Gasteiger partial charge on any atom is -0.462 e. The van der Waals surface area contributed by atoms with Gasteiger partial charge in [0.2, 0.25) is 0 Å². The van der Waals surface area contributed by atoms with E-state index in [9.17, 15) is 9.59 Å². The maximum atomic E-state index is 11.6. The molecule has 28 heavy (non-hydrogen) atoms. The van der Waals surface area contributed by atoms with Gasteiger partial charge in [0.15, 0.2) is 5.75 Å². The van der Waals surface area contributed by atoms with Gasteiger partial charge in [0, 0.05) is 19.3 Å². The van der Waals surface area contributed by atoms with Crippen molar-refractivity contribution in [3.05, 3.63) is 26.1 Å². The lowest BCUT2D eigenvalue weighted by molar-refractivity contribution is -0.154. The van der Waals surface area contributed by atoms with E-state index in [4.69, 9.17) is 9.47 Å². The Bertz CT molecular complexity index is 836. The molecule has 152 valence electrons. The van der Waals surface area contributed by atoms with Crippen LogP contribution in [-0.4, -0.2) is 18.0 Å². The fourth-order valence-electron chi connectivity index (χ4n) is 6.21. The van der Waals surface area contributed by atoms with E-state index >= 15 is 0 Å². The van der Waals surface area contributed by atoms with Gasteiger partial charge in [-0.15, -0.1) is 0 Å². The van der Waals surface area contributed by atoms with Gasteiger partial charge in [-0.05, 0) is 105 Å². The van der Waals surface area contributed by atoms with E-state index in [1.165, 1.54) is 25.0 Å². The molecule has 0 saturated heterocycles. The van der Waals surface area contributed by atoms with E-state index in [1.54, 1.807) is 0 Å². The quantitative estimate of drug-likeness (QED) is 0.363. The Labute approximate surface area is 183 Å². The summed E-state index contributed by atoms with van der Waals surface area (Å²) in [5, 5.41) is 0. The van der Waals surface area contributed by atoms with Crippen LogP contribution < -0.4 is 4.74 Å². The van der Waals surface area contributed by atoms with Crippen molar-refractivity contribution in [1.82, 2.24) is 0 Å². The van der Waals surface area contributed by atoms with E-state index in [-0.39, 0.29) is 23.5 Å². The van der Waals surface area contributed by atoms with Crippen LogP contribution >= 0.6 is 31.9 Å². The Balaban J connectivity index is 1.66. The molecule has 5 atom stereocenters. The molecule has 6 heteroatoms. The predicted octanol–water partition coefficient (Wildman–Crippen LogP) is 5.92. The molecule has 2 saturated carbocycles. The third-order valence-corrected chi connectivity index (χ3v) is 8.77. The van der Waals surface area contributed by atoms with E-state index in [2.05, 4.69) is 44.8 Å². The van der Waals surface area contributed by atoms with Crippen LogP contribution in [0.2, 0.25) is 0 Å². The molecule has 0 bridgehead atoms. The van der Waals surface area contributed by atoms with Gasteiger partial charge in [-0.1, -0.05) is 6.92 Å². The fraction of sp³-hybridized carbons (Fsp3) is 0.636. The number of carbonyl (C=O) groups is 2. The lowest BCUT2D eigenvalue weighted by atomic mass is 9.55. The lowest BCUT2D eigenvalue weighted by Crippen LogP contribution is -2.45. The molecule has 0 spiro atoms. The summed E-state index contributed by atoms with van der Waals surface area (Å²) in [7, 11) is 0. The zero-order valence-corrected chi connectivity index (χ0v) is 19.7. The number of hydrogen-bond donors (Lipinski definition) is 0. The number of carbonyl (C=O) groups excluding carboxylic acids is 2. The molecule has 2 fully saturated rings. The number of benzene rings is 1. The number of hydrogen-bond acceptors (Lipinski definition) is 4. The van der Waals surface area contributed by atoms with Gasteiger partial charge < -0.3 is 9.47 Å². The Morgan fingerprint density at radius 2 is 1.86 bits per heavy atom. The first kappa shape index (κ1) is 20.4. The van der Waals surface area contributed by atoms with Crippen LogP contribution in [0.25, 0.3) is 0 Å². The largest absolute Gasteiger partial charge is 0.462 e. The minimum absolute atomic E-state index is 0.0576. The zero-order chi connectivity index (χ0) is 20.2. The van der Waals surface area contributed by atoms with Crippen molar-refractivity contribution in [2.24, 2.45) is 17.3 Å². The number of fused-ring (bicyclic) bond motifs is 5. The van der Waals surface area contributed by atoms with Gasteiger partial charge in [-0.3, -0.25) is 9.59 Å². The van der Waals surface area contributed by atoms with Crippen molar-refractivity contribution in [1.29, 1.82) is 0 Å². The highest BCUT2D eigenvalue weighted by Gasteiger charge is 2.56. The first-order valence-electron chi connectivity index (χ1n) is 10.1. The average Bonchev–Trinajstić information content (AvgIpc) is 2.94. The second kappa shape index (κ2) is 7.42. The second-order valence-electron chi connectivity index (χ2n) is 8.80. The van der Waals surface area contributed by atoms with Crippen LogP contribution in [0.4, 0.5) is 0 Å². The topological polar surface area (TPSA) is 52.6 Å². The summed E-state index contributed by atoms with van der Waals surface area (Å²) in [5.74, 6) is 1.83. The summed E-state index contributed by atoms with van der Waals surface area (Å²) in [6, 6.07) is 2.16. The van der Waals surface area contributed by atoms with E-state index in [0.717, 1.165) is 47.5 Å². The molecule has 1 aromatic rings. The molecule has 1 aromatic carbocycles. The summed E-state index contributed by atoms with van der Waals surface area (Å²) in [4.78, 5) is 23.1. The molecule has 5 unspecified atom stereocenters. The van der Waals surface area contributed by atoms with Crippen molar-refractivity contribution < 1.29 is 19.1 Å². The number of esters is 2.